The lowest BCUT2D eigenvalue weighted by atomic mass is 10.1. The van der Waals surface area contributed by atoms with E-state index >= 15 is 0 Å². The van der Waals surface area contributed by atoms with Gasteiger partial charge in [0.1, 0.15) is 0 Å². The molecule has 1 aliphatic heterocycles. The molecule has 3 heteroatoms. The van der Waals surface area contributed by atoms with Crippen LogP contribution in [0.3, 0.4) is 0 Å². The first-order valence-electron chi connectivity index (χ1n) is 5.82. The van der Waals surface area contributed by atoms with Crippen molar-refractivity contribution < 1.29 is 0 Å². The summed E-state index contributed by atoms with van der Waals surface area (Å²) in [6, 6.07) is 0.692. The van der Waals surface area contributed by atoms with Crippen LogP contribution in [0.25, 0.3) is 0 Å². The van der Waals surface area contributed by atoms with Gasteiger partial charge in [-0.15, -0.1) is 0 Å². The Morgan fingerprint density at radius 2 is 2.40 bits per heavy atom. The second-order valence-corrected chi connectivity index (χ2v) is 5.10. The Bertz CT molecular complexity index is 290. The van der Waals surface area contributed by atoms with Crippen molar-refractivity contribution in [2.24, 2.45) is 0 Å². The number of aryl methyl sites for hydroxylation is 1. The quantitative estimate of drug-likeness (QED) is 0.820. The Balaban J connectivity index is 1.68. The molecule has 0 aromatic carbocycles. The number of thiophene rings is 1. The summed E-state index contributed by atoms with van der Waals surface area (Å²) in [6.45, 7) is 5.51. The van der Waals surface area contributed by atoms with Gasteiger partial charge in [0.05, 0.1) is 0 Å². The molecule has 1 aromatic heterocycles. The molecule has 2 nitrogen and oxygen atoms in total. The highest BCUT2D eigenvalue weighted by atomic mass is 32.1. The number of rotatable bonds is 4. The molecule has 0 aliphatic carbocycles. The van der Waals surface area contributed by atoms with Gasteiger partial charge in [0.25, 0.3) is 0 Å². The third kappa shape index (κ3) is 3.30. The largest absolute Gasteiger partial charge is 0.313 e. The van der Waals surface area contributed by atoms with Gasteiger partial charge in [-0.25, -0.2) is 0 Å². The van der Waals surface area contributed by atoms with Crippen LogP contribution in [0.4, 0.5) is 0 Å². The monoisotopic (exact) mass is 224 g/mol. The van der Waals surface area contributed by atoms with Crippen LogP contribution in [0.1, 0.15) is 30.4 Å². The summed E-state index contributed by atoms with van der Waals surface area (Å²) in [7, 11) is 0. The summed E-state index contributed by atoms with van der Waals surface area (Å²) in [6.07, 6.45) is 4.06. The van der Waals surface area contributed by atoms with E-state index in [2.05, 4.69) is 28.3 Å². The molecule has 1 fully saturated rings. The molecule has 1 aliphatic rings. The van der Waals surface area contributed by atoms with Gasteiger partial charge in [-0.2, -0.15) is 11.3 Å². The third-order valence-corrected chi connectivity index (χ3v) is 3.99. The summed E-state index contributed by atoms with van der Waals surface area (Å²) < 4.78 is 0. The predicted molar refractivity (Wildman–Crippen MR) is 66.4 cm³/mol. The van der Waals surface area contributed by atoms with E-state index in [-0.39, 0.29) is 0 Å². The van der Waals surface area contributed by atoms with E-state index in [1.54, 1.807) is 11.3 Å². The van der Waals surface area contributed by atoms with Crippen LogP contribution in [0, 0.1) is 6.92 Å². The molecule has 1 saturated heterocycles. The molecule has 0 spiro atoms. The molecule has 2 heterocycles. The van der Waals surface area contributed by atoms with Gasteiger partial charge >= 0.3 is 0 Å². The summed E-state index contributed by atoms with van der Waals surface area (Å²) >= 11 is 1.80. The van der Waals surface area contributed by atoms with E-state index in [0.717, 1.165) is 13.1 Å². The van der Waals surface area contributed by atoms with Crippen LogP contribution >= 0.6 is 11.3 Å². The van der Waals surface area contributed by atoms with Crippen molar-refractivity contribution in [3.63, 3.8) is 0 Å². The van der Waals surface area contributed by atoms with Gasteiger partial charge in [0.2, 0.25) is 0 Å². The fraction of sp³-hybridized carbons (Fsp3) is 0.667. The molecule has 84 valence electrons. The van der Waals surface area contributed by atoms with Crippen molar-refractivity contribution >= 4 is 11.3 Å². The smallest absolute Gasteiger partial charge is 0.0217 e. The van der Waals surface area contributed by atoms with Crippen LogP contribution < -0.4 is 10.6 Å². The average molecular weight is 224 g/mol. The summed E-state index contributed by atoms with van der Waals surface area (Å²) in [5.74, 6) is 0. The van der Waals surface area contributed by atoms with E-state index < -0.39 is 0 Å². The predicted octanol–water partition coefficient (Wildman–Crippen LogP) is 2.29. The van der Waals surface area contributed by atoms with E-state index in [4.69, 9.17) is 0 Å². The lowest BCUT2D eigenvalue weighted by molar-refractivity contribution is 0.383. The molecular weight excluding hydrogens is 204 g/mol. The maximum absolute atomic E-state index is 3.55. The first kappa shape index (κ1) is 11.1. The molecule has 1 aromatic rings. The van der Waals surface area contributed by atoms with Gasteiger partial charge in [-0.05, 0) is 48.2 Å². The van der Waals surface area contributed by atoms with E-state index in [0.29, 0.717) is 6.04 Å². The maximum Gasteiger partial charge on any atom is 0.0217 e. The highest BCUT2D eigenvalue weighted by Crippen LogP contribution is 2.13. The summed E-state index contributed by atoms with van der Waals surface area (Å²) in [5.41, 5.74) is 2.87. The average Bonchev–Trinajstić information content (AvgIpc) is 2.66. The van der Waals surface area contributed by atoms with Crippen LogP contribution in [0.5, 0.6) is 0 Å². The number of piperidine rings is 1. The topological polar surface area (TPSA) is 24.1 Å². The van der Waals surface area contributed by atoms with Gasteiger partial charge < -0.3 is 10.6 Å². The Morgan fingerprint density at radius 1 is 1.47 bits per heavy atom. The van der Waals surface area contributed by atoms with Crippen LogP contribution in [0.2, 0.25) is 0 Å². The molecule has 15 heavy (non-hydrogen) atoms. The Kier molecular flexibility index (Phi) is 4.18. The zero-order chi connectivity index (χ0) is 10.5. The molecule has 1 atom stereocenters. The highest BCUT2D eigenvalue weighted by molar-refractivity contribution is 7.08. The van der Waals surface area contributed by atoms with Crippen molar-refractivity contribution in [3.05, 3.63) is 21.9 Å². The number of hydrogen-bond acceptors (Lipinski definition) is 3. The Hall–Kier alpha value is -0.380. The number of hydrogen-bond donors (Lipinski definition) is 2. The Morgan fingerprint density at radius 3 is 3.07 bits per heavy atom. The minimum atomic E-state index is 0.692. The lowest BCUT2D eigenvalue weighted by Crippen LogP contribution is -2.41. The van der Waals surface area contributed by atoms with Crippen molar-refractivity contribution in [2.45, 2.75) is 38.8 Å². The van der Waals surface area contributed by atoms with Crippen LogP contribution in [0.15, 0.2) is 10.8 Å². The second kappa shape index (κ2) is 5.64. The van der Waals surface area contributed by atoms with Crippen molar-refractivity contribution in [1.29, 1.82) is 0 Å². The summed E-state index contributed by atoms with van der Waals surface area (Å²) in [4.78, 5) is 0. The van der Waals surface area contributed by atoms with Gasteiger partial charge in [-0.3, -0.25) is 0 Å². The van der Waals surface area contributed by atoms with E-state index in [1.807, 2.05) is 0 Å². The minimum absolute atomic E-state index is 0.692. The van der Waals surface area contributed by atoms with Crippen LogP contribution in [-0.2, 0) is 6.54 Å². The molecular formula is C12H20N2S. The molecule has 0 amide bonds. The van der Waals surface area contributed by atoms with Crippen molar-refractivity contribution in [2.75, 3.05) is 13.1 Å². The van der Waals surface area contributed by atoms with E-state index in [1.165, 1.54) is 36.9 Å². The van der Waals surface area contributed by atoms with E-state index in [9.17, 15) is 0 Å². The molecule has 2 N–H and O–H groups in total. The van der Waals surface area contributed by atoms with Crippen molar-refractivity contribution in [3.8, 4) is 0 Å². The number of nitrogens with one attached hydrogen (secondary N) is 2. The normalized spacial score (nSPS) is 21.8. The minimum Gasteiger partial charge on any atom is -0.313 e. The zero-order valence-corrected chi connectivity index (χ0v) is 10.2. The zero-order valence-electron chi connectivity index (χ0n) is 9.38. The van der Waals surface area contributed by atoms with Gasteiger partial charge in [-0.1, -0.05) is 6.42 Å². The first-order chi connectivity index (χ1) is 7.36. The third-order valence-electron chi connectivity index (χ3n) is 3.08. The van der Waals surface area contributed by atoms with Gasteiger partial charge in [0.15, 0.2) is 0 Å². The maximum atomic E-state index is 3.55. The molecule has 0 saturated carbocycles. The Labute approximate surface area is 96.1 Å². The fourth-order valence-corrected chi connectivity index (χ4v) is 2.90. The van der Waals surface area contributed by atoms with Crippen molar-refractivity contribution in [1.82, 2.24) is 10.6 Å². The van der Waals surface area contributed by atoms with Crippen LogP contribution in [-0.4, -0.2) is 19.1 Å². The molecule has 1 unspecified atom stereocenters. The summed E-state index contributed by atoms with van der Waals surface area (Å²) in [5, 5.41) is 11.6. The second-order valence-electron chi connectivity index (χ2n) is 4.36. The highest BCUT2D eigenvalue weighted by Gasteiger charge is 2.11. The van der Waals surface area contributed by atoms with Gasteiger partial charge in [0, 0.05) is 19.1 Å². The molecule has 0 radical (unpaired) electrons. The fourth-order valence-electron chi connectivity index (χ4n) is 2.05. The lowest BCUT2D eigenvalue weighted by Gasteiger charge is -2.23. The first-order valence-corrected chi connectivity index (χ1v) is 6.76. The standard InChI is InChI=1S/C12H20N2S/c1-10-8-15-9-11(10)6-13-7-12-4-2-3-5-14-12/h8-9,12-14H,2-7H2,1H3. The molecule has 2 rings (SSSR count). The SMILES string of the molecule is Cc1cscc1CNCC1CCCCN1. The molecule has 0 bridgehead atoms.